The summed E-state index contributed by atoms with van der Waals surface area (Å²) in [7, 11) is 0. The first-order chi connectivity index (χ1) is 9.24. The number of fused-ring (bicyclic) bond motifs is 1. The van der Waals surface area contributed by atoms with Gasteiger partial charge in [0.25, 0.3) is 0 Å². The van der Waals surface area contributed by atoms with Crippen molar-refractivity contribution < 1.29 is 4.79 Å². The van der Waals surface area contributed by atoms with Crippen molar-refractivity contribution in [3.8, 4) is 0 Å². The van der Waals surface area contributed by atoms with Crippen molar-refractivity contribution in [2.24, 2.45) is 0 Å². The van der Waals surface area contributed by atoms with Crippen molar-refractivity contribution >= 4 is 22.4 Å². The molecule has 0 radical (unpaired) electrons. The predicted molar refractivity (Wildman–Crippen MR) is 73.8 cm³/mol. The number of hydrogen-bond acceptors (Lipinski definition) is 4. The van der Waals surface area contributed by atoms with Gasteiger partial charge in [0.05, 0.1) is 17.4 Å². The van der Waals surface area contributed by atoms with E-state index in [0.29, 0.717) is 16.9 Å². The van der Waals surface area contributed by atoms with E-state index in [1.54, 1.807) is 18.3 Å². The number of carbonyl (C=O) groups is 1. The van der Waals surface area contributed by atoms with E-state index >= 15 is 0 Å². The molecule has 3 aromatic rings. The number of pyridine rings is 2. The third-order valence-electron chi connectivity index (χ3n) is 2.87. The fraction of sp³-hybridized carbons (Fsp3) is 0. The summed E-state index contributed by atoms with van der Waals surface area (Å²) >= 11 is 0. The van der Waals surface area contributed by atoms with Gasteiger partial charge in [-0.25, -0.2) is 0 Å². The minimum atomic E-state index is -0.154. The van der Waals surface area contributed by atoms with Crippen LogP contribution in [0.1, 0.15) is 16.1 Å². The Kier molecular flexibility index (Phi) is 2.68. The van der Waals surface area contributed by atoms with Crippen LogP contribution in [0.4, 0.5) is 5.69 Å². The fourth-order valence-electron chi connectivity index (χ4n) is 1.88. The minimum absolute atomic E-state index is 0.154. The first-order valence-electron chi connectivity index (χ1n) is 5.85. The Hall–Kier alpha value is -2.75. The number of anilines is 1. The number of nitrogens with two attached hydrogens (primary N) is 1. The molecule has 0 saturated carbocycles. The summed E-state index contributed by atoms with van der Waals surface area (Å²) in [5.74, 6) is -0.154. The third-order valence-corrected chi connectivity index (χ3v) is 2.87. The number of rotatable bonds is 2. The number of nitrogens with zero attached hydrogens (tertiary/aromatic N) is 2. The predicted octanol–water partition coefficient (Wildman–Crippen LogP) is 2.44. The minimum Gasteiger partial charge on any atom is -0.397 e. The number of para-hydroxylation sites is 1. The third kappa shape index (κ3) is 2.15. The number of aromatic nitrogens is 2. The van der Waals surface area contributed by atoms with Gasteiger partial charge in [0, 0.05) is 17.1 Å². The summed E-state index contributed by atoms with van der Waals surface area (Å²) in [4.78, 5) is 20.6. The average Bonchev–Trinajstić information content (AvgIpc) is 2.47. The maximum absolute atomic E-state index is 12.3. The number of carbonyl (C=O) groups excluding carboxylic acids is 1. The van der Waals surface area contributed by atoms with Gasteiger partial charge in [0.2, 0.25) is 5.78 Å². The van der Waals surface area contributed by atoms with Crippen molar-refractivity contribution in [2.45, 2.75) is 0 Å². The molecule has 0 atom stereocenters. The summed E-state index contributed by atoms with van der Waals surface area (Å²) in [6.07, 6.45) is 3.05. The van der Waals surface area contributed by atoms with E-state index in [9.17, 15) is 4.79 Å². The molecule has 2 N–H and O–H groups in total. The SMILES string of the molecule is Nc1ccc(C(=O)c2cnc3ccccc3c2)nc1. The van der Waals surface area contributed by atoms with Crippen LogP contribution in [0.15, 0.2) is 54.9 Å². The lowest BCUT2D eigenvalue weighted by atomic mass is 10.1. The molecule has 0 saturated heterocycles. The van der Waals surface area contributed by atoms with E-state index in [2.05, 4.69) is 9.97 Å². The summed E-state index contributed by atoms with van der Waals surface area (Å²) in [5.41, 5.74) is 7.85. The fourth-order valence-corrected chi connectivity index (χ4v) is 1.88. The zero-order valence-electron chi connectivity index (χ0n) is 10.1. The van der Waals surface area contributed by atoms with E-state index in [4.69, 9.17) is 5.73 Å². The van der Waals surface area contributed by atoms with Gasteiger partial charge >= 0.3 is 0 Å². The van der Waals surface area contributed by atoms with Crippen molar-refractivity contribution in [1.29, 1.82) is 0 Å². The number of nitrogen functional groups attached to an aromatic ring is 1. The monoisotopic (exact) mass is 249 g/mol. The Morgan fingerprint density at radius 2 is 1.84 bits per heavy atom. The van der Waals surface area contributed by atoms with Gasteiger partial charge in [-0.2, -0.15) is 0 Å². The van der Waals surface area contributed by atoms with Gasteiger partial charge in [-0.05, 0) is 24.3 Å². The highest BCUT2D eigenvalue weighted by atomic mass is 16.1. The Balaban J connectivity index is 2.04. The van der Waals surface area contributed by atoms with Crippen LogP contribution in [0.5, 0.6) is 0 Å². The summed E-state index contributed by atoms with van der Waals surface area (Å²) in [5, 5.41) is 0.934. The maximum Gasteiger partial charge on any atom is 0.212 e. The number of hydrogen-bond donors (Lipinski definition) is 1. The lowest BCUT2D eigenvalue weighted by Crippen LogP contribution is -2.04. The molecule has 1 aromatic carbocycles. The van der Waals surface area contributed by atoms with Crippen molar-refractivity contribution in [1.82, 2.24) is 9.97 Å². The molecule has 0 fully saturated rings. The van der Waals surface area contributed by atoms with Crippen LogP contribution in [-0.2, 0) is 0 Å². The van der Waals surface area contributed by atoms with Crippen LogP contribution in [0.2, 0.25) is 0 Å². The van der Waals surface area contributed by atoms with Gasteiger partial charge in [-0.1, -0.05) is 18.2 Å². The van der Waals surface area contributed by atoms with Crippen LogP contribution in [0.25, 0.3) is 10.9 Å². The van der Waals surface area contributed by atoms with Crippen molar-refractivity contribution in [3.63, 3.8) is 0 Å². The van der Waals surface area contributed by atoms with Gasteiger partial charge in [-0.15, -0.1) is 0 Å². The van der Waals surface area contributed by atoms with Gasteiger partial charge in [0.1, 0.15) is 5.69 Å². The van der Waals surface area contributed by atoms with Gasteiger partial charge < -0.3 is 5.73 Å². The highest BCUT2D eigenvalue weighted by molar-refractivity contribution is 6.08. The molecular formula is C15H11N3O. The molecule has 2 heterocycles. The lowest BCUT2D eigenvalue weighted by molar-refractivity contribution is 0.103. The molecule has 92 valence electrons. The first-order valence-corrected chi connectivity index (χ1v) is 5.85. The Morgan fingerprint density at radius 3 is 2.63 bits per heavy atom. The smallest absolute Gasteiger partial charge is 0.212 e. The first kappa shape index (κ1) is 11.3. The topological polar surface area (TPSA) is 68.9 Å². The standard InChI is InChI=1S/C15H11N3O/c16-12-5-6-14(18-9-12)15(19)11-7-10-3-1-2-4-13(10)17-8-11/h1-9H,16H2. The Morgan fingerprint density at radius 1 is 1.00 bits per heavy atom. The van der Waals surface area contributed by atoms with Gasteiger partial charge in [0.15, 0.2) is 0 Å². The van der Waals surface area contributed by atoms with Crippen LogP contribution in [0.3, 0.4) is 0 Å². The number of benzene rings is 1. The highest BCUT2D eigenvalue weighted by Gasteiger charge is 2.11. The van der Waals surface area contributed by atoms with E-state index in [-0.39, 0.29) is 5.78 Å². The second-order valence-electron chi connectivity index (χ2n) is 4.22. The molecule has 0 aliphatic rings. The molecule has 3 rings (SSSR count). The molecule has 19 heavy (non-hydrogen) atoms. The quantitative estimate of drug-likeness (QED) is 0.708. The molecule has 2 aromatic heterocycles. The van der Waals surface area contributed by atoms with Crippen LogP contribution >= 0.6 is 0 Å². The molecule has 0 amide bonds. The van der Waals surface area contributed by atoms with E-state index in [1.165, 1.54) is 6.20 Å². The highest BCUT2D eigenvalue weighted by Crippen LogP contribution is 2.15. The molecule has 4 nitrogen and oxygen atoms in total. The largest absolute Gasteiger partial charge is 0.397 e. The van der Waals surface area contributed by atoms with Crippen LogP contribution < -0.4 is 5.73 Å². The van der Waals surface area contributed by atoms with E-state index in [0.717, 1.165) is 10.9 Å². The maximum atomic E-state index is 12.3. The molecule has 0 aliphatic heterocycles. The van der Waals surface area contributed by atoms with E-state index in [1.807, 2.05) is 30.3 Å². The molecule has 0 unspecified atom stereocenters. The van der Waals surface area contributed by atoms with Crippen LogP contribution in [0, 0.1) is 0 Å². The zero-order chi connectivity index (χ0) is 13.2. The summed E-state index contributed by atoms with van der Waals surface area (Å²) in [6, 6.07) is 12.8. The molecular weight excluding hydrogens is 238 g/mol. The lowest BCUT2D eigenvalue weighted by Gasteiger charge is -2.02. The molecule has 0 aliphatic carbocycles. The molecule has 4 heteroatoms. The van der Waals surface area contributed by atoms with Crippen LogP contribution in [-0.4, -0.2) is 15.8 Å². The van der Waals surface area contributed by atoms with E-state index < -0.39 is 0 Å². The Bertz CT molecular complexity index is 751. The second-order valence-corrected chi connectivity index (χ2v) is 4.22. The van der Waals surface area contributed by atoms with Gasteiger partial charge in [-0.3, -0.25) is 14.8 Å². The average molecular weight is 249 g/mol. The summed E-state index contributed by atoms with van der Waals surface area (Å²) < 4.78 is 0. The molecule has 0 spiro atoms. The Labute approximate surface area is 109 Å². The van der Waals surface area contributed by atoms with Crippen molar-refractivity contribution in [3.05, 3.63) is 66.1 Å². The van der Waals surface area contributed by atoms with Crippen molar-refractivity contribution in [2.75, 3.05) is 5.73 Å². The number of ketones is 1. The normalized spacial score (nSPS) is 10.5. The summed E-state index contributed by atoms with van der Waals surface area (Å²) in [6.45, 7) is 0. The zero-order valence-corrected chi connectivity index (χ0v) is 10.1. The second kappa shape index (κ2) is 4.49. The molecule has 0 bridgehead atoms.